The first-order valence-corrected chi connectivity index (χ1v) is 8.83. The van der Waals surface area contributed by atoms with E-state index in [2.05, 4.69) is 15.9 Å². The molecule has 1 atom stereocenters. The fourth-order valence-electron chi connectivity index (χ4n) is 2.27. The smallest absolute Gasteiger partial charge is 0.246 e. The zero-order valence-electron chi connectivity index (χ0n) is 10.9. The molecule has 2 N–H and O–H groups in total. The second-order valence-corrected chi connectivity index (χ2v) is 7.93. The van der Waals surface area contributed by atoms with Gasteiger partial charge in [-0.1, -0.05) is 24.9 Å². The lowest BCUT2D eigenvalue weighted by molar-refractivity contribution is 0.448. The standard InChI is InChI=1S/C12H15BrClFN2O2S/c1-2-7-3-4-17(6-7)20(18,19)9-5-8(14)10(13)12(16)11(9)15/h5,7H,2-4,6,16H2,1H3. The molecule has 1 aromatic rings. The van der Waals surface area contributed by atoms with E-state index in [9.17, 15) is 12.8 Å². The highest BCUT2D eigenvalue weighted by molar-refractivity contribution is 9.10. The lowest BCUT2D eigenvalue weighted by atomic mass is 10.1. The Bertz CT molecular complexity index is 639. The molecule has 0 radical (unpaired) electrons. The molecule has 1 aliphatic heterocycles. The molecule has 0 aromatic heterocycles. The molecule has 112 valence electrons. The maximum absolute atomic E-state index is 14.2. The van der Waals surface area contributed by atoms with E-state index < -0.39 is 20.7 Å². The van der Waals surface area contributed by atoms with Gasteiger partial charge in [0.15, 0.2) is 5.82 Å². The molecule has 1 saturated heterocycles. The molecule has 8 heteroatoms. The third kappa shape index (κ3) is 2.68. The van der Waals surface area contributed by atoms with Crippen molar-refractivity contribution in [3.63, 3.8) is 0 Å². The number of anilines is 1. The fraction of sp³-hybridized carbons (Fsp3) is 0.500. The van der Waals surface area contributed by atoms with Crippen LogP contribution in [0.3, 0.4) is 0 Å². The molecule has 1 fully saturated rings. The largest absolute Gasteiger partial charge is 0.395 e. The van der Waals surface area contributed by atoms with Gasteiger partial charge in [0, 0.05) is 13.1 Å². The highest BCUT2D eigenvalue weighted by Gasteiger charge is 2.34. The molecule has 20 heavy (non-hydrogen) atoms. The predicted molar refractivity (Wildman–Crippen MR) is 80.7 cm³/mol. The second kappa shape index (κ2) is 5.79. The summed E-state index contributed by atoms with van der Waals surface area (Å²) >= 11 is 8.91. The molecule has 1 heterocycles. The summed E-state index contributed by atoms with van der Waals surface area (Å²) in [5, 5.41) is 0.0775. The summed E-state index contributed by atoms with van der Waals surface area (Å²) in [4.78, 5) is -0.458. The van der Waals surface area contributed by atoms with Crippen molar-refractivity contribution in [2.75, 3.05) is 18.8 Å². The average Bonchev–Trinajstić information content (AvgIpc) is 2.90. The normalized spacial score (nSPS) is 20.5. The van der Waals surface area contributed by atoms with Gasteiger partial charge in [-0.3, -0.25) is 0 Å². The first-order chi connectivity index (χ1) is 9.28. The molecule has 2 rings (SSSR count). The predicted octanol–water partition coefficient (Wildman–Crippen LogP) is 3.24. The Labute approximate surface area is 131 Å². The van der Waals surface area contributed by atoms with Crippen LogP contribution >= 0.6 is 27.5 Å². The molecular weight excluding hydrogens is 371 g/mol. The van der Waals surface area contributed by atoms with Crippen molar-refractivity contribution in [1.29, 1.82) is 0 Å². The Morgan fingerprint density at radius 3 is 2.80 bits per heavy atom. The minimum Gasteiger partial charge on any atom is -0.395 e. The van der Waals surface area contributed by atoms with Gasteiger partial charge >= 0.3 is 0 Å². The summed E-state index contributed by atoms with van der Waals surface area (Å²) in [7, 11) is -3.90. The van der Waals surface area contributed by atoms with Crippen LogP contribution in [-0.2, 0) is 10.0 Å². The number of nitrogen functional groups attached to an aromatic ring is 1. The molecule has 0 spiro atoms. The van der Waals surface area contributed by atoms with Crippen molar-refractivity contribution >= 4 is 43.2 Å². The summed E-state index contributed by atoms with van der Waals surface area (Å²) in [6, 6.07) is 1.10. The topological polar surface area (TPSA) is 63.4 Å². The van der Waals surface area contributed by atoms with E-state index in [0.717, 1.165) is 18.9 Å². The van der Waals surface area contributed by atoms with E-state index in [1.807, 2.05) is 6.92 Å². The summed E-state index contributed by atoms with van der Waals surface area (Å²) < 4.78 is 40.6. The number of rotatable bonds is 3. The minimum atomic E-state index is -3.90. The Morgan fingerprint density at radius 1 is 1.60 bits per heavy atom. The monoisotopic (exact) mass is 384 g/mol. The van der Waals surface area contributed by atoms with E-state index in [1.54, 1.807) is 0 Å². The molecule has 1 aliphatic rings. The highest BCUT2D eigenvalue weighted by atomic mass is 79.9. The number of nitrogens with two attached hydrogens (primary N) is 1. The molecule has 0 bridgehead atoms. The minimum absolute atomic E-state index is 0.0775. The van der Waals surface area contributed by atoms with Crippen molar-refractivity contribution in [2.45, 2.75) is 24.7 Å². The molecule has 0 saturated carbocycles. The van der Waals surface area contributed by atoms with Crippen molar-refractivity contribution in [3.05, 3.63) is 21.4 Å². The molecule has 1 unspecified atom stereocenters. The third-order valence-electron chi connectivity index (χ3n) is 3.60. The van der Waals surface area contributed by atoms with Gasteiger partial charge in [-0.05, 0) is 34.3 Å². The maximum atomic E-state index is 14.2. The Morgan fingerprint density at radius 2 is 2.25 bits per heavy atom. The zero-order valence-corrected chi connectivity index (χ0v) is 14.0. The van der Waals surface area contributed by atoms with E-state index in [4.69, 9.17) is 17.3 Å². The van der Waals surface area contributed by atoms with Gasteiger partial charge in [0.1, 0.15) is 4.90 Å². The molecule has 0 amide bonds. The van der Waals surface area contributed by atoms with Gasteiger partial charge in [-0.15, -0.1) is 0 Å². The van der Waals surface area contributed by atoms with Crippen LogP contribution < -0.4 is 5.73 Å². The summed E-state index contributed by atoms with van der Waals surface area (Å²) in [6.07, 6.45) is 1.69. The van der Waals surface area contributed by atoms with Crippen LogP contribution in [0.5, 0.6) is 0 Å². The molecule has 0 aliphatic carbocycles. The van der Waals surface area contributed by atoms with Gasteiger partial charge in [-0.2, -0.15) is 4.31 Å². The van der Waals surface area contributed by atoms with E-state index in [-0.39, 0.29) is 15.2 Å². The van der Waals surface area contributed by atoms with Gasteiger partial charge in [0.25, 0.3) is 0 Å². The van der Waals surface area contributed by atoms with Gasteiger partial charge < -0.3 is 5.73 Å². The van der Waals surface area contributed by atoms with Crippen molar-refractivity contribution in [3.8, 4) is 0 Å². The maximum Gasteiger partial charge on any atom is 0.246 e. The number of halogens is 3. The first-order valence-electron chi connectivity index (χ1n) is 6.22. The number of nitrogens with zero attached hydrogens (tertiary/aromatic N) is 1. The van der Waals surface area contributed by atoms with Crippen LogP contribution in [0.25, 0.3) is 0 Å². The van der Waals surface area contributed by atoms with Crippen LogP contribution in [0.4, 0.5) is 10.1 Å². The average molecular weight is 386 g/mol. The van der Waals surface area contributed by atoms with Crippen LogP contribution in [0.1, 0.15) is 19.8 Å². The van der Waals surface area contributed by atoms with Crippen LogP contribution in [0.15, 0.2) is 15.4 Å². The molecule has 1 aromatic carbocycles. The molecular formula is C12H15BrClFN2O2S. The number of sulfonamides is 1. The summed E-state index contributed by atoms with van der Waals surface area (Å²) in [5.74, 6) is -0.641. The number of benzene rings is 1. The van der Waals surface area contributed by atoms with Crippen molar-refractivity contribution in [1.82, 2.24) is 4.31 Å². The number of hydrogen-bond donors (Lipinski definition) is 1. The summed E-state index contributed by atoms with van der Waals surface area (Å²) in [6.45, 7) is 2.82. The van der Waals surface area contributed by atoms with Crippen LogP contribution in [-0.4, -0.2) is 25.8 Å². The van der Waals surface area contributed by atoms with Gasteiger partial charge in [-0.25, -0.2) is 12.8 Å². The third-order valence-corrected chi connectivity index (χ3v) is 6.85. The fourth-order valence-corrected chi connectivity index (χ4v) is 4.47. The Hall–Kier alpha value is -0.370. The van der Waals surface area contributed by atoms with Crippen LogP contribution in [0, 0.1) is 11.7 Å². The van der Waals surface area contributed by atoms with Crippen LogP contribution in [0.2, 0.25) is 5.02 Å². The van der Waals surface area contributed by atoms with Gasteiger partial charge in [0.05, 0.1) is 15.2 Å². The SMILES string of the molecule is CCC1CCN(S(=O)(=O)c2cc(Cl)c(Br)c(N)c2F)C1. The number of hydrogen-bond acceptors (Lipinski definition) is 3. The highest BCUT2D eigenvalue weighted by Crippen LogP contribution is 2.36. The van der Waals surface area contributed by atoms with Gasteiger partial charge in [0.2, 0.25) is 10.0 Å². The quantitative estimate of drug-likeness (QED) is 0.642. The van der Waals surface area contributed by atoms with E-state index in [1.165, 1.54) is 4.31 Å². The van der Waals surface area contributed by atoms with Crippen molar-refractivity contribution in [2.24, 2.45) is 5.92 Å². The summed E-state index contributed by atoms with van der Waals surface area (Å²) in [5.41, 5.74) is 5.25. The van der Waals surface area contributed by atoms with Crippen molar-refractivity contribution < 1.29 is 12.8 Å². The van der Waals surface area contributed by atoms with E-state index >= 15 is 0 Å². The Balaban J connectivity index is 2.46. The lowest BCUT2D eigenvalue weighted by Crippen LogP contribution is -2.29. The van der Waals surface area contributed by atoms with E-state index in [0.29, 0.717) is 19.0 Å². The Kier molecular flexibility index (Phi) is 4.63. The zero-order chi connectivity index (χ0) is 15.1. The first kappa shape index (κ1) is 16.0. The molecule has 4 nitrogen and oxygen atoms in total. The lowest BCUT2D eigenvalue weighted by Gasteiger charge is -2.18. The second-order valence-electron chi connectivity index (χ2n) is 4.82.